The highest BCUT2D eigenvalue weighted by Crippen LogP contribution is 2.54. The van der Waals surface area contributed by atoms with Gasteiger partial charge in [-0.05, 0) is 6.92 Å². The fourth-order valence-electron chi connectivity index (χ4n) is 0.227. The van der Waals surface area contributed by atoms with E-state index in [-0.39, 0.29) is 12.6 Å². The molecule has 0 fully saturated rings. The Labute approximate surface area is 69.1 Å². The van der Waals surface area contributed by atoms with E-state index in [0.29, 0.717) is 0 Å². The van der Waals surface area contributed by atoms with Gasteiger partial charge in [0, 0.05) is 17.3 Å². The van der Waals surface area contributed by atoms with Crippen molar-refractivity contribution in [1.82, 2.24) is 0 Å². The molecule has 7 heteroatoms. The van der Waals surface area contributed by atoms with Gasteiger partial charge in [-0.1, -0.05) is 0 Å². The van der Waals surface area contributed by atoms with Gasteiger partial charge in [0.25, 0.3) is 0 Å². The molecule has 62 valence electrons. The Hall–Kier alpha value is 0.690. The van der Waals surface area contributed by atoms with E-state index < -0.39 is 6.95 Å². The van der Waals surface area contributed by atoms with E-state index in [9.17, 15) is 4.57 Å². The monoisotopic (exact) mass is 207 g/mol. The van der Waals surface area contributed by atoms with Crippen LogP contribution in [0.3, 0.4) is 0 Å². The van der Waals surface area contributed by atoms with Crippen molar-refractivity contribution in [3.05, 3.63) is 0 Å². The lowest BCUT2D eigenvalue weighted by atomic mass is 10.4. The standard InChI is InChI=1S/C3H8Cl2NO3P/c1-3(6)2-8-10(5,7)9-4/h3H,2,6H2,1H3. The van der Waals surface area contributed by atoms with Crippen molar-refractivity contribution in [3.63, 3.8) is 0 Å². The van der Waals surface area contributed by atoms with E-state index in [0.717, 1.165) is 0 Å². The van der Waals surface area contributed by atoms with Gasteiger partial charge in [-0.15, -0.1) is 0 Å². The van der Waals surface area contributed by atoms with E-state index in [4.69, 9.17) is 28.8 Å². The van der Waals surface area contributed by atoms with Crippen molar-refractivity contribution >= 4 is 30.1 Å². The van der Waals surface area contributed by atoms with Crippen LogP contribution in [0, 0.1) is 0 Å². The van der Waals surface area contributed by atoms with E-state index in [1.54, 1.807) is 6.92 Å². The second kappa shape index (κ2) is 4.54. The normalized spacial score (nSPS) is 20.0. The minimum atomic E-state index is -3.57. The van der Waals surface area contributed by atoms with Crippen LogP contribution < -0.4 is 5.73 Å². The van der Waals surface area contributed by atoms with Gasteiger partial charge in [0.1, 0.15) is 0 Å². The van der Waals surface area contributed by atoms with Crippen LogP contribution in [-0.4, -0.2) is 12.6 Å². The summed E-state index contributed by atoms with van der Waals surface area (Å²) >= 11 is 9.80. The van der Waals surface area contributed by atoms with Crippen molar-refractivity contribution in [1.29, 1.82) is 0 Å². The number of hydrogen-bond acceptors (Lipinski definition) is 4. The van der Waals surface area contributed by atoms with E-state index in [2.05, 4.69) is 8.60 Å². The van der Waals surface area contributed by atoms with Crippen LogP contribution in [-0.2, 0) is 13.2 Å². The molecule has 0 aliphatic rings. The minimum absolute atomic E-state index is 0.0491. The van der Waals surface area contributed by atoms with Gasteiger partial charge in [-0.25, -0.2) is 4.57 Å². The maximum atomic E-state index is 10.6. The lowest BCUT2D eigenvalue weighted by molar-refractivity contribution is 0.269. The van der Waals surface area contributed by atoms with Gasteiger partial charge >= 0.3 is 6.95 Å². The molecule has 2 unspecified atom stereocenters. The third-order valence-corrected chi connectivity index (χ3v) is 2.45. The fourth-order valence-corrected chi connectivity index (χ4v) is 0.968. The van der Waals surface area contributed by atoms with Crippen LogP contribution in [0.4, 0.5) is 0 Å². The highest BCUT2D eigenvalue weighted by Gasteiger charge is 2.20. The quantitative estimate of drug-likeness (QED) is 0.716. The lowest BCUT2D eigenvalue weighted by Crippen LogP contribution is -2.20. The molecule has 0 aliphatic carbocycles. The molecule has 0 aromatic carbocycles. The third-order valence-electron chi connectivity index (χ3n) is 0.574. The molecule has 0 aromatic heterocycles. The first-order chi connectivity index (χ1) is 4.48. The summed E-state index contributed by atoms with van der Waals surface area (Å²) in [6, 6.07) is -0.251. The van der Waals surface area contributed by atoms with Gasteiger partial charge in [-0.2, -0.15) is 4.08 Å². The van der Waals surface area contributed by atoms with Crippen LogP contribution >= 0.6 is 30.1 Å². The summed E-state index contributed by atoms with van der Waals surface area (Å²) in [5, 5.41) is 0. The van der Waals surface area contributed by atoms with Gasteiger partial charge in [-0.3, -0.25) is 4.52 Å². The number of hydrogen-bond donors (Lipinski definition) is 1. The number of halogens is 2. The summed E-state index contributed by atoms with van der Waals surface area (Å²) in [7, 11) is 0. The summed E-state index contributed by atoms with van der Waals surface area (Å²) in [6.45, 7) is -1.85. The minimum Gasteiger partial charge on any atom is -0.326 e. The highest BCUT2D eigenvalue weighted by atomic mass is 35.7. The lowest BCUT2D eigenvalue weighted by Gasteiger charge is -2.08. The summed E-state index contributed by atoms with van der Waals surface area (Å²) in [5.41, 5.74) is 5.25. The van der Waals surface area contributed by atoms with Crippen LogP contribution in [0.15, 0.2) is 0 Å². The van der Waals surface area contributed by atoms with Crippen LogP contribution in [0.5, 0.6) is 0 Å². The largest absolute Gasteiger partial charge is 0.440 e. The topological polar surface area (TPSA) is 61.5 Å². The zero-order chi connectivity index (χ0) is 8.20. The molecule has 0 spiro atoms. The molecule has 0 heterocycles. The highest BCUT2D eigenvalue weighted by molar-refractivity contribution is 7.81. The smallest absolute Gasteiger partial charge is 0.326 e. The average molecular weight is 208 g/mol. The predicted molar refractivity (Wildman–Crippen MR) is 40.0 cm³/mol. The van der Waals surface area contributed by atoms with Gasteiger partial charge in [0.15, 0.2) is 0 Å². The van der Waals surface area contributed by atoms with Gasteiger partial charge in [0.05, 0.1) is 18.5 Å². The molecule has 0 rings (SSSR count). The van der Waals surface area contributed by atoms with Crippen LogP contribution in [0.1, 0.15) is 6.92 Å². The molecule has 0 saturated carbocycles. The summed E-state index contributed by atoms with van der Waals surface area (Å²) in [4.78, 5) is 0. The molecule has 10 heavy (non-hydrogen) atoms. The molecule has 2 atom stereocenters. The maximum absolute atomic E-state index is 10.6. The van der Waals surface area contributed by atoms with Crippen molar-refractivity contribution in [3.8, 4) is 0 Å². The third kappa shape index (κ3) is 5.47. The summed E-state index contributed by atoms with van der Waals surface area (Å²) < 4.78 is 18.9. The van der Waals surface area contributed by atoms with Crippen molar-refractivity contribution in [2.75, 3.05) is 6.61 Å². The Balaban J connectivity index is 3.58. The van der Waals surface area contributed by atoms with Crippen LogP contribution in [0.2, 0.25) is 0 Å². The second-order valence-electron chi connectivity index (χ2n) is 1.77. The zero-order valence-electron chi connectivity index (χ0n) is 5.29. The Morgan fingerprint density at radius 1 is 1.80 bits per heavy atom. The maximum Gasteiger partial charge on any atom is 0.440 e. The van der Waals surface area contributed by atoms with E-state index in [1.165, 1.54) is 0 Å². The Bertz CT molecular complexity index is 142. The second-order valence-corrected chi connectivity index (χ2v) is 4.69. The molecule has 0 radical (unpaired) electrons. The molecule has 2 N–H and O–H groups in total. The summed E-state index contributed by atoms with van der Waals surface area (Å²) in [5.74, 6) is 0. The van der Waals surface area contributed by atoms with Crippen molar-refractivity contribution < 1.29 is 13.2 Å². The molecule has 0 amide bonds. The first-order valence-corrected chi connectivity index (χ1v) is 5.23. The molecule has 4 nitrogen and oxygen atoms in total. The number of nitrogens with two attached hydrogens (primary N) is 1. The van der Waals surface area contributed by atoms with Gasteiger partial charge in [0.2, 0.25) is 0 Å². The first-order valence-electron chi connectivity index (χ1n) is 2.48. The Morgan fingerprint density at radius 3 is 2.60 bits per heavy atom. The Morgan fingerprint density at radius 2 is 2.30 bits per heavy atom. The molecule has 0 saturated heterocycles. The Kier molecular flexibility index (Phi) is 4.86. The molecular weight excluding hydrogens is 200 g/mol. The SMILES string of the molecule is CC(N)COP(=O)(Cl)OCl. The molecular formula is C3H8Cl2NO3P. The van der Waals surface area contributed by atoms with Crippen molar-refractivity contribution in [2.45, 2.75) is 13.0 Å². The van der Waals surface area contributed by atoms with Gasteiger partial charge < -0.3 is 5.73 Å². The summed E-state index contributed by atoms with van der Waals surface area (Å²) in [6.07, 6.45) is 0. The zero-order valence-corrected chi connectivity index (χ0v) is 7.70. The van der Waals surface area contributed by atoms with Crippen molar-refractivity contribution in [2.24, 2.45) is 5.73 Å². The molecule has 0 bridgehead atoms. The fraction of sp³-hybridized carbons (Fsp3) is 1.00. The van der Waals surface area contributed by atoms with E-state index in [1.807, 2.05) is 0 Å². The average Bonchev–Trinajstić information content (AvgIpc) is 1.85. The predicted octanol–water partition coefficient (Wildman–Crippen LogP) is 1.87. The number of rotatable bonds is 4. The first kappa shape index (κ1) is 10.7. The van der Waals surface area contributed by atoms with Crippen LogP contribution in [0.25, 0.3) is 0 Å². The molecule has 0 aromatic rings. The molecule has 0 aliphatic heterocycles. The van der Waals surface area contributed by atoms with E-state index >= 15 is 0 Å².